The second-order valence-electron chi connectivity index (χ2n) is 10.4. The molecule has 0 bridgehead atoms. The molecule has 3 rings (SSSR count). The molecular formula is C32H42N6O5. The van der Waals surface area contributed by atoms with E-state index in [-0.39, 0.29) is 55.6 Å². The molecule has 0 radical (unpaired) electrons. The molecule has 2 aromatic carbocycles. The number of hydrogen-bond donors (Lipinski definition) is 5. The van der Waals surface area contributed by atoms with E-state index in [0.717, 1.165) is 24.0 Å². The number of benzene rings is 2. The largest absolute Gasteiger partial charge is 0.460 e. The Morgan fingerprint density at radius 1 is 1.07 bits per heavy atom. The van der Waals surface area contributed by atoms with E-state index in [4.69, 9.17) is 26.4 Å². The van der Waals surface area contributed by atoms with Gasteiger partial charge in [-0.05, 0) is 62.4 Å². The monoisotopic (exact) mass is 590 g/mol. The van der Waals surface area contributed by atoms with Crippen molar-refractivity contribution in [2.75, 3.05) is 32.6 Å². The van der Waals surface area contributed by atoms with Gasteiger partial charge in [0.2, 0.25) is 5.91 Å². The van der Waals surface area contributed by atoms with E-state index >= 15 is 0 Å². The van der Waals surface area contributed by atoms with Gasteiger partial charge in [-0.2, -0.15) is 0 Å². The van der Waals surface area contributed by atoms with Gasteiger partial charge in [-0.15, -0.1) is 0 Å². The molecule has 230 valence electrons. The standard InChI is InChI=1S/C32H42N6O5/c1-5-20(3)29(37-26-11-12-26)31(40)38(19-28(39)36-18-21-7-9-22(10-8-21)30(34)35)27(6-2)23-15-24(17-25(33)16-23)32(41)43-14-13-42-4/h6-10,15-17,26,37H,5,11-14,18-19,33H2,1-4H3,(H3,34,35)(H,36,39)/b27-6-,29-20-. The summed E-state index contributed by atoms with van der Waals surface area (Å²) >= 11 is 0. The molecule has 1 saturated carbocycles. The number of nitrogens with two attached hydrogens (primary N) is 2. The van der Waals surface area contributed by atoms with Crippen LogP contribution in [0.2, 0.25) is 0 Å². The molecule has 2 amide bonds. The summed E-state index contributed by atoms with van der Waals surface area (Å²) in [7, 11) is 1.51. The minimum atomic E-state index is -0.578. The van der Waals surface area contributed by atoms with Gasteiger partial charge in [0.15, 0.2) is 0 Å². The number of rotatable bonds is 15. The highest BCUT2D eigenvalue weighted by Crippen LogP contribution is 2.28. The van der Waals surface area contributed by atoms with Crippen LogP contribution in [-0.2, 0) is 25.6 Å². The Morgan fingerprint density at radius 2 is 1.74 bits per heavy atom. The molecule has 11 heteroatoms. The molecule has 1 aliphatic carbocycles. The molecule has 7 N–H and O–H groups in total. The Balaban J connectivity index is 1.93. The Bertz CT molecular complexity index is 1400. The first kappa shape index (κ1) is 32.9. The summed E-state index contributed by atoms with van der Waals surface area (Å²) in [6, 6.07) is 11.9. The quantitative estimate of drug-likeness (QED) is 0.0525. The zero-order valence-corrected chi connectivity index (χ0v) is 25.3. The van der Waals surface area contributed by atoms with Gasteiger partial charge in [0.25, 0.3) is 5.91 Å². The summed E-state index contributed by atoms with van der Waals surface area (Å²) in [5, 5.41) is 13.8. The summed E-state index contributed by atoms with van der Waals surface area (Å²) in [5.74, 6) is -1.36. The molecule has 2 aromatic rings. The highest BCUT2D eigenvalue weighted by molar-refractivity contribution is 6.02. The van der Waals surface area contributed by atoms with Crippen LogP contribution in [0.25, 0.3) is 5.70 Å². The van der Waals surface area contributed by atoms with Crippen molar-refractivity contribution in [3.8, 4) is 0 Å². The van der Waals surface area contributed by atoms with Crippen molar-refractivity contribution in [3.05, 3.63) is 82.1 Å². The Labute approximate surface area is 252 Å². The van der Waals surface area contributed by atoms with Crippen molar-refractivity contribution in [2.45, 2.75) is 52.6 Å². The van der Waals surface area contributed by atoms with Gasteiger partial charge in [-0.25, -0.2) is 4.79 Å². The van der Waals surface area contributed by atoms with E-state index in [1.807, 2.05) is 13.8 Å². The van der Waals surface area contributed by atoms with Crippen molar-refractivity contribution < 1.29 is 23.9 Å². The third kappa shape index (κ3) is 9.44. The summed E-state index contributed by atoms with van der Waals surface area (Å²) in [5.41, 5.74) is 15.9. The lowest BCUT2D eigenvalue weighted by Gasteiger charge is -2.28. The zero-order valence-electron chi connectivity index (χ0n) is 25.3. The molecule has 0 aliphatic heterocycles. The van der Waals surface area contributed by atoms with E-state index in [2.05, 4.69) is 10.6 Å². The molecule has 0 aromatic heterocycles. The zero-order chi connectivity index (χ0) is 31.5. The molecular weight excluding hydrogens is 548 g/mol. The number of allylic oxidation sites excluding steroid dienone is 2. The number of methoxy groups -OCH3 is 1. The van der Waals surface area contributed by atoms with Gasteiger partial charge in [0.05, 0.1) is 17.9 Å². The van der Waals surface area contributed by atoms with Crippen LogP contribution < -0.4 is 22.1 Å². The smallest absolute Gasteiger partial charge is 0.338 e. The van der Waals surface area contributed by atoms with Crippen LogP contribution >= 0.6 is 0 Å². The maximum absolute atomic E-state index is 14.2. The minimum absolute atomic E-state index is 0.0393. The molecule has 1 fully saturated rings. The normalized spacial score (nSPS) is 13.5. The molecule has 11 nitrogen and oxygen atoms in total. The molecule has 1 aliphatic rings. The molecule has 43 heavy (non-hydrogen) atoms. The fourth-order valence-electron chi connectivity index (χ4n) is 4.28. The fraction of sp³-hybridized carbons (Fsp3) is 0.375. The number of ether oxygens (including phenoxy) is 2. The van der Waals surface area contributed by atoms with Crippen molar-refractivity contribution in [1.82, 2.24) is 15.5 Å². The maximum Gasteiger partial charge on any atom is 0.338 e. The fourth-order valence-corrected chi connectivity index (χ4v) is 4.28. The van der Waals surface area contributed by atoms with Gasteiger partial charge >= 0.3 is 5.97 Å². The van der Waals surface area contributed by atoms with Crippen LogP contribution in [0.4, 0.5) is 5.69 Å². The number of amidine groups is 1. The number of carbonyl (C=O) groups is 3. The number of esters is 1. The second kappa shape index (κ2) is 15.5. The van der Waals surface area contributed by atoms with E-state index in [9.17, 15) is 14.4 Å². The summed E-state index contributed by atoms with van der Waals surface area (Å²) in [4.78, 5) is 41.6. The molecule has 0 spiro atoms. The predicted octanol–water partition coefficient (Wildman–Crippen LogP) is 3.30. The maximum atomic E-state index is 14.2. The lowest BCUT2D eigenvalue weighted by Crippen LogP contribution is -2.43. The average molecular weight is 591 g/mol. The highest BCUT2D eigenvalue weighted by atomic mass is 16.6. The summed E-state index contributed by atoms with van der Waals surface area (Å²) < 4.78 is 10.2. The lowest BCUT2D eigenvalue weighted by atomic mass is 10.0. The van der Waals surface area contributed by atoms with Crippen molar-refractivity contribution in [2.24, 2.45) is 5.73 Å². The predicted molar refractivity (Wildman–Crippen MR) is 167 cm³/mol. The Kier molecular flexibility index (Phi) is 11.9. The van der Waals surface area contributed by atoms with Gasteiger partial charge in [-0.3, -0.25) is 19.9 Å². The topological polar surface area (TPSA) is 173 Å². The van der Waals surface area contributed by atoms with Crippen molar-refractivity contribution in [3.63, 3.8) is 0 Å². The molecule has 0 unspecified atom stereocenters. The molecule has 0 saturated heterocycles. The SMILES string of the molecule is C/C=C(/c1cc(N)cc(C(=O)OCCOC)c1)N(CC(=O)NCc1ccc(C(=N)N)cc1)C(=O)/C(NC1CC1)=C(\C)CC. The number of anilines is 1. The van der Waals surface area contributed by atoms with E-state index < -0.39 is 5.97 Å². The third-order valence-corrected chi connectivity index (χ3v) is 6.97. The third-order valence-electron chi connectivity index (χ3n) is 6.97. The number of amides is 2. The average Bonchev–Trinajstić information content (AvgIpc) is 3.82. The van der Waals surface area contributed by atoms with E-state index in [1.165, 1.54) is 18.1 Å². The van der Waals surface area contributed by atoms with E-state index in [0.29, 0.717) is 34.6 Å². The number of nitrogens with one attached hydrogen (secondary N) is 3. The van der Waals surface area contributed by atoms with Crippen molar-refractivity contribution in [1.29, 1.82) is 5.41 Å². The van der Waals surface area contributed by atoms with Crippen LogP contribution in [0.1, 0.15) is 67.1 Å². The van der Waals surface area contributed by atoms with Crippen LogP contribution in [0.15, 0.2) is 59.8 Å². The van der Waals surface area contributed by atoms with Crippen LogP contribution in [-0.4, -0.2) is 61.4 Å². The first-order chi connectivity index (χ1) is 20.6. The summed E-state index contributed by atoms with van der Waals surface area (Å²) in [6.45, 7) is 5.90. The summed E-state index contributed by atoms with van der Waals surface area (Å²) in [6.07, 6.45) is 4.31. The number of nitrogens with zero attached hydrogens (tertiary/aromatic N) is 1. The number of nitrogen functional groups attached to an aromatic ring is 2. The van der Waals surface area contributed by atoms with Gasteiger partial charge in [0, 0.05) is 42.2 Å². The Hall–Kier alpha value is -4.64. The minimum Gasteiger partial charge on any atom is -0.460 e. The Morgan fingerprint density at radius 3 is 2.33 bits per heavy atom. The second-order valence-corrected chi connectivity index (χ2v) is 10.4. The highest BCUT2D eigenvalue weighted by Gasteiger charge is 2.31. The number of carbonyl (C=O) groups excluding carboxylic acids is 3. The van der Waals surface area contributed by atoms with Crippen LogP contribution in [0.3, 0.4) is 0 Å². The molecule has 0 atom stereocenters. The van der Waals surface area contributed by atoms with Gasteiger partial charge in [0.1, 0.15) is 19.0 Å². The lowest BCUT2D eigenvalue weighted by molar-refractivity contribution is -0.130. The molecule has 0 heterocycles. The first-order valence-corrected chi connectivity index (χ1v) is 14.3. The number of hydrogen-bond acceptors (Lipinski definition) is 8. The van der Waals surface area contributed by atoms with Gasteiger partial charge < -0.3 is 31.6 Å². The first-order valence-electron chi connectivity index (χ1n) is 14.3. The van der Waals surface area contributed by atoms with Crippen LogP contribution in [0, 0.1) is 5.41 Å². The van der Waals surface area contributed by atoms with Crippen molar-refractivity contribution >= 4 is 35.0 Å². The van der Waals surface area contributed by atoms with Crippen LogP contribution in [0.5, 0.6) is 0 Å². The van der Waals surface area contributed by atoms with Gasteiger partial charge in [-0.1, -0.05) is 37.3 Å². The van der Waals surface area contributed by atoms with E-state index in [1.54, 1.807) is 49.4 Å².